The van der Waals surface area contributed by atoms with Gasteiger partial charge in [0.25, 0.3) is 0 Å². The average molecular weight is 307 g/mol. The lowest BCUT2D eigenvalue weighted by atomic mass is 9.79. The highest BCUT2D eigenvalue weighted by molar-refractivity contribution is 5.86. The number of carboxylic acids is 1. The van der Waals surface area contributed by atoms with Crippen molar-refractivity contribution in [3.05, 3.63) is 71.4 Å². The number of nitrogens with one attached hydrogen (secondary N) is 1. The van der Waals surface area contributed by atoms with Crippen LogP contribution in [0.2, 0.25) is 0 Å². The van der Waals surface area contributed by atoms with Crippen LogP contribution in [0.5, 0.6) is 0 Å². The van der Waals surface area contributed by atoms with Gasteiger partial charge in [0.1, 0.15) is 0 Å². The van der Waals surface area contributed by atoms with Gasteiger partial charge in [-0.25, -0.2) is 0 Å². The largest absolute Gasteiger partial charge is 0.481 e. The van der Waals surface area contributed by atoms with Gasteiger partial charge in [0.05, 0.1) is 5.92 Å². The summed E-state index contributed by atoms with van der Waals surface area (Å²) in [6.07, 6.45) is 2.74. The average Bonchev–Trinajstić information content (AvgIpc) is 2.93. The number of aliphatic carboxylic acids is 1. The number of aryl methyl sites for hydroxylation is 1. The standard InChI is InChI=1S/C20H21NO2/c1-3-16(14-7-5-4-6-8-14)19(20(22)23)15-9-10-17-13(2)12-21-18(17)11-15/h4-12,16,19,21H,3H2,1-2H3,(H,22,23). The lowest BCUT2D eigenvalue weighted by Gasteiger charge is -2.24. The number of aromatic nitrogens is 1. The van der Waals surface area contributed by atoms with E-state index < -0.39 is 11.9 Å². The van der Waals surface area contributed by atoms with Crippen LogP contribution in [0.1, 0.15) is 41.9 Å². The molecule has 0 amide bonds. The van der Waals surface area contributed by atoms with Crippen molar-refractivity contribution >= 4 is 16.9 Å². The number of H-pyrrole nitrogens is 1. The Kier molecular flexibility index (Phi) is 4.20. The zero-order valence-corrected chi connectivity index (χ0v) is 13.4. The van der Waals surface area contributed by atoms with Gasteiger partial charge in [-0.05, 0) is 36.1 Å². The van der Waals surface area contributed by atoms with Gasteiger partial charge in [-0.1, -0.05) is 49.4 Å². The summed E-state index contributed by atoms with van der Waals surface area (Å²) in [4.78, 5) is 15.2. The molecule has 3 aromatic rings. The molecular formula is C20H21NO2. The van der Waals surface area contributed by atoms with Crippen LogP contribution in [0.25, 0.3) is 10.9 Å². The first-order chi connectivity index (χ1) is 11.1. The molecule has 2 atom stereocenters. The number of hydrogen-bond acceptors (Lipinski definition) is 1. The van der Waals surface area contributed by atoms with Gasteiger partial charge in [-0.15, -0.1) is 0 Å². The molecule has 1 heterocycles. The van der Waals surface area contributed by atoms with Gasteiger partial charge in [-0.2, -0.15) is 0 Å². The van der Waals surface area contributed by atoms with Gasteiger partial charge in [-0.3, -0.25) is 4.79 Å². The second kappa shape index (κ2) is 6.29. The molecule has 2 unspecified atom stereocenters. The Morgan fingerprint density at radius 3 is 2.52 bits per heavy atom. The Balaban J connectivity index is 2.07. The number of hydrogen-bond donors (Lipinski definition) is 2. The summed E-state index contributed by atoms with van der Waals surface area (Å²) in [6.45, 7) is 4.09. The number of rotatable bonds is 5. The maximum absolute atomic E-state index is 12.0. The molecule has 0 spiro atoms. The van der Waals surface area contributed by atoms with Crippen molar-refractivity contribution in [2.24, 2.45) is 0 Å². The Morgan fingerprint density at radius 2 is 1.87 bits per heavy atom. The third-order valence-electron chi connectivity index (χ3n) is 4.61. The predicted octanol–water partition coefficient (Wildman–Crippen LogP) is 4.84. The Hall–Kier alpha value is -2.55. The quantitative estimate of drug-likeness (QED) is 0.708. The molecule has 0 saturated heterocycles. The second-order valence-corrected chi connectivity index (χ2v) is 6.02. The zero-order chi connectivity index (χ0) is 16.4. The number of carbonyl (C=O) groups is 1. The monoisotopic (exact) mass is 307 g/mol. The molecule has 3 nitrogen and oxygen atoms in total. The van der Waals surface area contributed by atoms with E-state index in [1.807, 2.05) is 68.6 Å². The Morgan fingerprint density at radius 1 is 1.13 bits per heavy atom. The molecule has 0 radical (unpaired) electrons. The zero-order valence-electron chi connectivity index (χ0n) is 13.4. The van der Waals surface area contributed by atoms with Gasteiger partial charge < -0.3 is 10.1 Å². The van der Waals surface area contributed by atoms with E-state index in [0.717, 1.165) is 28.5 Å². The summed E-state index contributed by atoms with van der Waals surface area (Å²) in [6, 6.07) is 15.9. The van der Waals surface area contributed by atoms with Crippen LogP contribution >= 0.6 is 0 Å². The first-order valence-electron chi connectivity index (χ1n) is 7.97. The maximum atomic E-state index is 12.0. The van der Waals surface area contributed by atoms with Crippen LogP contribution in [-0.4, -0.2) is 16.1 Å². The van der Waals surface area contributed by atoms with E-state index in [9.17, 15) is 9.90 Å². The van der Waals surface area contributed by atoms with Crippen molar-refractivity contribution in [1.29, 1.82) is 0 Å². The highest BCUT2D eigenvalue weighted by atomic mass is 16.4. The molecular weight excluding hydrogens is 286 g/mol. The summed E-state index contributed by atoms with van der Waals surface area (Å²) in [7, 11) is 0. The molecule has 0 aliphatic carbocycles. The summed E-state index contributed by atoms with van der Waals surface area (Å²) < 4.78 is 0. The molecule has 0 aliphatic heterocycles. The first kappa shape index (κ1) is 15.3. The summed E-state index contributed by atoms with van der Waals surface area (Å²) in [5.41, 5.74) is 4.09. The Labute approximate surface area is 136 Å². The second-order valence-electron chi connectivity index (χ2n) is 6.02. The number of benzene rings is 2. The van der Waals surface area contributed by atoms with E-state index in [0.29, 0.717) is 0 Å². The van der Waals surface area contributed by atoms with Crippen molar-refractivity contribution in [3.63, 3.8) is 0 Å². The van der Waals surface area contributed by atoms with Crippen LogP contribution in [0, 0.1) is 6.92 Å². The smallest absolute Gasteiger partial charge is 0.311 e. The highest BCUT2D eigenvalue weighted by Gasteiger charge is 2.30. The third kappa shape index (κ3) is 2.87. The van der Waals surface area contributed by atoms with Gasteiger partial charge in [0.2, 0.25) is 0 Å². The highest BCUT2D eigenvalue weighted by Crippen LogP contribution is 2.37. The molecule has 2 aromatic carbocycles. The minimum Gasteiger partial charge on any atom is -0.481 e. The fourth-order valence-corrected chi connectivity index (χ4v) is 3.39. The molecule has 0 bridgehead atoms. The minimum absolute atomic E-state index is 0.0396. The molecule has 0 fully saturated rings. The van der Waals surface area contributed by atoms with Gasteiger partial charge in [0.15, 0.2) is 0 Å². The molecule has 1 aromatic heterocycles. The first-order valence-corrected chi connectivity index (χ1v) is 7.97. The normalized spacial score (nSPS) is 13.8. The van der Waals surface area contributed by atoms with Crippen molar-refractivity contribution in [2.75, 3.05) is 0 Å². The number of carboxylic acid groups (broad SMARTS) is 1. The molecule has 3 rings (SSSR count). The van der Waals surface area contributed by atoms with Crippen molar-refractivity contribution in [2.45, 2.75) is 32.1 Å². The van der Waals surface area contributed by atoms with Crippen LogP contribution in [-0.2, 0) is 4.79 Å². The van der Waals surface area contributed by atoms with Crippen molar-refractivity contribution in [1.82, 2.24) is 4.98 Å². The van der Waals surface area contributed by atoms with E-state index in [-0.39, 0.29) is 5.92 Å². The summed E-state index contributed by atoms with van der Waals surface area (Å²) in [5, 5.41) is 11.0. The van der Waals surface area contributed by atoms with E-state index >= 15 is 0 Å². The van der Waals surface area contributed by atoms with Gasteiger partial charge in [0, 0.05) is 23.0 Å². The maximum Gasteiger partial charge on any atom is 0.311 e. The summed E-state index contributed by atoms with van der Waals surface area (Å²) >= 11 is 0. The lowest BCUT2D eigenvalue weighted by Crippen LogP contribution is -2.20. The minimum atomic E-state index is -0.775. The predicted molar refractivity (Wildman–Crippen MR) is 92.9 cm³/mol. The van der Waals surface area contributed by atoms with E-state index in [1.165, 1.54) is 5.56 Å². The molecule has 0 saturated carbocycles. The molecule has 3 heteroatoms. The fraction of sp³-hybridized carbons (Fsp3) is 0.250. The van der Waals surface area contributed by atoms with Crippen LogP contribution in [0.3, 0.4) is 0 Å². The van der Waals surface area contributed by atoms with Crippen LogP contribution < -0.4 is 0 Å². The van der Waals surface area contributed by atoms with Crippen LogP contribution in [0.4, 0.5) is 0 Å². The molecule has 118 valence electrons. The Bertz CT molecular complexity index is 820. The van der Waals surface area contributed by atoms with Crippen molar-refractivity contribution in [3.8, 4) is 0 Å². The SMILES string of the molecule is CCC(c1ccccc1)C(C(=O)O)c1ccc2c(C)c[nH]c2c1. The van der Waals surface area contributed by atoms with E-state index in [1.54, 1.807) is 0 Å². The topological polar surface area (TPSA) is 53.1 Å². The van der Waals surface area contributed by atoms with E-state index in [4.69, 9.17) is 0 Å². The van der Waals surface area contributed by atoms with Gasteiger partial charge >= 0.3 is 5.97 Å². The fourth-order valence-electron chi connectivity index (χ4n) is 3.39. The molecule has 0 aliphatic rings. The van der Waals surface area contributed by atoms with Crippen molar-refractivity contribution < 1.29 is 9.90 Å². The molecule has 23 heavy (non-hydrogen) atoms. The number of fused-ring (bicyclic) bond motifs is 1. The summed E-state index contributed by atoms with van der Waals surface area (Å²) in [5.74, 6) is -1.36. The number of aromatic amines is 1. The van der Waals surface area contributed by atoms with E-state index in [2.05, 4.69) is 4.98 Å². The van der Waals surface area contributed by atoms with Crippen LogP contribution in [0.15, 0.2) is 54.7 Å². The lowest BCUT2D eigenvalue weighted by molar-refractivity contribution is -0.139. The third-order valence-corrected chi connectivity index (χ3v) is 4.61. The molecule has 2 N–H and O–H groups in total.